The number of phenols is 1. The topological polar surface area (TPSA) is 20.2 Å². The highest BCUT2D eigenvalue weighted by atomic mass is 19.1. The summed E-state index contributed by atoms with van der Waals surface area (Å²) in [5, 5.41) is 9.08. The van der Waals surface area contributed by atoms with Crippen LogP contribution in [0, 0.1) is 13.8 Å². The number of phenolic OH excluding ortho intramolecular Hbond substituents is 1. The van der Waals surface area contributed by atoms with E-state index in [-0.39, 0.29) is 5.75 Å². The van der Waals surface area contributed by atoms with Gasteiger partial charge in [0.2, 0.25) is 0 Å². The maximum absolute atomic E-state index is 12.2. The Labute approximate surface area is 65.5 Å². The van der Waals surface area contributed by atoms with Gasteiger partial charge >= 0.3 is 0 Å². The monoisotopic (exact) mass is 154 g/mol. The number of alkyl halides is 1. The van der Waals surface area contributed by atoms with E-state index < -0.39 is 6.67 Å². The molecule has 2 heteroatoms. The molecule has 0 aliphatic heterocycles. The van der Waals surface area contributed by atoms with E-state index in [1.54, 1.807) is 6.07 Å². The third-order valence-electron chi connectivity index (χ3n) is 1.90. The second-order valence-electron chi connectivity index (χ2n) is 2.68. The SMILES string of the molecule is Cc1cc(O)cc(CF)c1C. The standard InChI is InChI=1S/C9H11FO/c1-6-3-9(11)4-8(5-10)7(6)2/h3-4,11H,5H2,1-2H3. The molecule has 0 saturated heterocycles. The Morgan fingerprint density at radius 1 is 1.36 bits per heavy atom. The lowest BCUT2D eigenvalue weighted by Crippen LogP contribution is -1.88. The molecule has 0 fully saturated rings. The van der Waals surface area contributed by atoms with Gasteiger partial charge in [0, 0.05) is 0 Å². The van der Waals surface area contributed by atoms with E-state index in [0.717, 1.165) is 11.1 Å². The molecule has 0 aliphatic rings. The average molecular weight is 154 g/mol. The van der Waals surface area contributed by atoms with E-state index in [2.05, 4.69) is 0 Å². The fraction of sp³-hybridized carbons (Fsp3) is 0.333. The Bertz CT molecular complexity index is 269. The van der Waals surface area contributed by atoms with E-state index in [4.69, 9.17) is 5.11 Å². The fourth-order valence-electron chi connectivity index (χ4n) is 1.05. The van der Waals surface area contributed by atoms with E-state index in [1.807, 2.05) is 13.8 Å². The van der Waals surface area contributed by atoms with Crippen LogP contribution in [0.2, 0.25) is 0 Å². The van der Waals surface area contributed by atoms with Crippen LogP contribution >= 0.6 is 0 Å². The molecule has 0 heterocycles. The van der Waals surface area contributed by atoms with Crippen LogP contribution in [0.3, 0.4) is 0 Å². The van der Waals surface area contributed by atoms with Crippen LogP contribution in [-0.2, 0) is 6.67 Å². The molecule has 11 heavy (non-hydrogen) atoms. The number of halogens is 1. The van der Waals surface area contributed by atoms with Crippen molar-refractivity contribution in [1.29, 1.82) is 0 Å². The van der Waals surface area contributed by atoms with Gasteiger partial charge in [-0.3, -0.25) is 0 Å². The van der Waals surface area contributed by atoms with E-state index in [0.29, 0.717) is 5.56 Å². The minimum Gasteiger partial charge on any atom is -0.508 e. The Morgan fingerprint density at radius 3 is 2.55 bits per heavy atom. The van der Waals surface area contributed by atoms with Crippen molar-refractivity contribution in [2.75, 3.05) is 0 Å². The minimum absolute atomic E-state index is 0.140. The molecule has 0 amide bonds. The van der Waals surface area contributed by atoms with Crippen molar-refractivity contribution in [2.24, 2.45) is 0 Å². The first-order valence-electron chi connectivity index (χ1n) is 3.50. The fourth-order valence-corrected chi connectivity index (χ4v) is 1.05. The van der Waals surface area contributed by atoms with Crippen molar-refractivity contribution in [3.63, 3.8) is 0 Å². The van der Waals surface area contributed by atoms with Gasteiger partial charge in [0.1, 0.15) is 12.4 Å². The third-order valence-corrected chi connectivity index (χ3v) is 1.90. The predicted molar refractivity (Wildman–Crippen MR) is 42.4 cm³/mol. The molecule has 0 radical (unpaired) electrons. The van der Waals surface area contributed by atoms with Gasteiger partial charge in [0.25, 0.3) is 0 Å². The highest BCUT2D eigenvalue weighted by Gasteiger charge is 2.02. The summed E-state index contributed by atoms with van der Waals surface area (Å²) in [6, 6.07) is 3.09. The molecule has 1 rings (SSSR count). The summed E-state index contributed by atoms with van der Waals surface area (Å²) in [7, 11) is 0. The summed E-state index contributed by atoms with van der Waals surface area (Å²) >= 11 is 0. The molecule has 0 spiro atoms. The first-order valence-corrected chi connectivity index (χ1v) is 3.50. The molecule has 0 unspecified atom stereocenters. The molecule has 0 aliphatic carbocycles. The Hall–Kier alpha value is -1.05. The molecular formula is C9H11FO. The number of aromatic hydroxyl groups is 1. The molecule has 0 bridgehead atoms. The molecule has 1 aromatic rings. The van der Waals surface area contributed by atoms with Crippen LogP contribution in [0.25, 0.3) is 0 Å². The predicted octanol–water partition coefficient (Wildman–Crippen LogP) is 2.48. The van der Waals surface area contributed by atoms with Gasteiger partial charge in [0.15, 0.2) is 0 Å². The Morgan fingerprint density at radius 2 is 2.00 bits per heavy atom. The van der Waals surface area contributed by atoms with E-state index in [9.17, 15) is 4.39 Å². The van der Waals surface area contributed by atoms with Crippen LogP contribution in [0.5, 0.6) is 5.75 Å². The minimum atomic E-state index is -0.513. The smallest absolute Gasteiger partial charge is 0.116 e. The summed E-state index contributed by atoms with van der Waals surface area (Å²) in [5.74, 6) is 0.140. The maximum Gasteiger partial charge on any atom is 0.116 e. The molecule has 1 nitrogen and oxygen atoms in total. The van der Waals surface area contributed by atoms with Gasteiger partial charge in [-0.2, -0.15) is 0 Å². The first-order chi connectivity index (χ1) is 5.15. The molecule has 0 saturated carbocycles. The van der Waals surface area contributed by atoms with Gasteiger partial charge in [0.05, 0.1) is 0 Å². The van der Waals surface area contributed by atoms with Crippen molar-refractivity contribution in [1.82, 2.24) is 0 Å². The van der Waals surface area contributed by atoms with Gasteiger partial charge < -0.3 is 5.11 Å². The zero-order chi connectivity index (χ0) is 8.43. The van der Waals surface area contributed by atoms with Gasteiger partial charge in [-0.15, -0.1) is 0 Å². The van der Waals surface area contributed by atoms with Crippen molar-refractivity contribution in [3.05, 3.63) is 28.8 Å². The molecule has 1 N–H and O–H groups in total. The van der Waals surface area contributed by atoms with Crippen LogP contribution in [0.15, 0.2) is 12.1 Å². The lowest BCUT2D eigenvalue weighted by Gasteiger charge is -2.05. The summed E-state index contributed by atoms with van der Waals surface area (Å²) in [5.41, 5.74) is 2.42. The van der Waals surface area contributed by atoms with Crippen LogP contribution < -0.4 is 0 Å². The maximum atomic E-state index is 12.2. The van der Waals surface area contributed by atoms with E-state index >= 15 is 0 Å². The molecule has 0 atom stereocenters. The van der Waals surface area contributed by atoms with Crippen LogP contribution in [0.4, 0.5) is 4.39 Å². The molecular weight excluding hydrogens is 143 g/mol. The lowest BCUT2D eigenvalue weighted by atomic mass is 10.0. The lowest BCUT2D eigenvalue weighted by molar-refractivity contribution is 0.461. The van der Waals surface area contributed by atoms with Gasteiger partial charge in [-0.25, -0.2) is 4.39 Å². The van der Waals surface area contributed by atoms with Crippen molar-refractivity contribution >= 4 is 0 Å². The normalized spacial score (nSPS) is 10.1. The highest BCUT2D eigenvalue weighted by Crippen LogP contribution is 2.20. The van der Waals surface area contributed by atoms with Crippen molar-refractivity contribution in [2.45, 2.75) is 20.5 Å². The number of aryl methyl sites for hydroxylation is 1. The third kappa shape index (κ3) is 1.50. The first kappa shape index (κ1) is 8.05. The average Bonchev–Trinajstić information content (AvgIpc) is 1.96. The second-order valence-corrected chi connectivity index (χ2v) is 2.68. The summed E-state index contributed by atoms with van der Waals surface area (Å²) in [6.07, 6.45) is 0. The van der Waals surface area contributed by atoms with E-state index in [1.165, 1.54) is 6.07 Å². The van der Waals surface area contributed by atoms with Crippen LogP contribution in [-0.4, -0.2) is 5.11 Å². The Balaban J connectivity index is 3.24. The van der Waals surface area contributed by atoms with Gasteiger partial charge in [-0.1, -0.05) is 0 Å². The number of hydrogen-bond donors (Lipinski definition) is 1. The van der Waals surface area contributed by atoms with Crippen LogP contribution in [0.1, 0.15) is 16.7 Å². The van der Waals surface area contributed by atoms with Crippen molar-refractivity contribution in [3.8, 4) is 5.75 Å². The second kappa shape index (κ2) is 2.91. The summed E-state index contributed by atoms with van der Waals surface area (Å²) in [4.78, 5) is 0. The zero-order valence-corrected chi connectivity index (χ0v) is 6.69. The molecule has 0 aromatic heterocycles. The molecule has 60 valence electrons. The van der Waals surface area contributed by atoms with Crippen molar-refractivity contribution < 1.29 is 9.50 Å². The summed E-state index contributed by atoms with van der Waals surface area (Å²) < 4.78 is 12.2. The highest BCUT2D eigenvalue weighted by molar-refractivity contribution is 5.39. The Kier molecular flexibility index (Phi) is 2.13. The quantitative estimate of drug-likeness (QED) is 0.658. The number of hydrogen-bond acceptors (Lipinski definition) is 1. The number of benzene rings is 1. The number of rotatable bonds is 1. The summed E-state index contributed by atoms with van der Waals surface area (Å²) in [6.45, 7) is 3.19. The molecule has 1 aromatic carbocycles. The zero-order valence-electron chi connectivity index (χ0n) is 6.69. The van der Waals surface area contributed by atoms with Gasteiger partial charge in [-0.05, 0) is 42.7 Å². The largest absolute Gasteiger partial charge is 0.508 e.